The standard InChI is InChI=1S/C15H26N2O/c1-6-18-15-9-13(7-8-14(15)16)17(12(4)5)10-11(2)3/h7-9,11-12H,6,10,16H2,1-5H3. The number of ether oxygens (including phenoxy) is 1. The van der Waals surface area contributed by atoms with E-state index in [-0.39, 0.29) is 0 Å². The second-order valence-electron chi connectivity index (χ2n) is 5.30. The van der Waals surface area contributed by atoms with E-state index in [0.29, 0.717) is 24.3 Å². The van der Waals surface area contributed by atoms with Crippen molar-refractivity contribution in [1.82, 2.24) is 0 Å². The van der Waals surface area contributed by atoms with Crippen LogP contribution in [-0.2, 0) is 0 Å². The van der Waals surface area contributed by atoms with Crippen molar-refractivity contribution in [1.29, 1.82) is 0 Å². The van der Waals surface area contributed by atoms with Gasteiger partial charge in [0, 0.05) is 24.3 Å². The summed E-state index contributed by atoms with van der Waals surface area (Å²) in [6.07, 6.45) is 0. The number of anilines is 2. The fourth-order valence-corrected chi connectivity index (χ4v) is 1.99. The molecule has 102 valence electrons. The third-order valence-corrected chi connectivity index (χ3v) is 2.81. The average molecular weight is 250 g/mol. The predicted molar refractivity (Wildman–Crippen MR) is 79.3 cm³/mol. The maximum Gasteiger partial charge on any atom is 0.144 e. The molecule has 0 saturated heterocycles. The van der Waals surface area contributed by atoms with Crippen LogP contribution in [0, 0.1) is 5.92 Å². The molecule has 0 unspecified atom stereocenters. The van der Waals surface area contributed by atoms with Gasteiger partial charge in [-0.1, -0.05) is 13.8 Å². The van der Waals surface area contributed by atoms with Crippen LogP contribution in [0.2, 0.25) is 0 Å². The number of rotatable bonds is 6. The molecule has 18 heavy (non-hydrogen) atoms. The van der Waals surface area contributed by atoms with Crippen LogP contribution >= 0.6 is 0 Å². The summed E-state index contributed by atoms with van der Waals surface area (Å²) >= 11 is 0. The van der Waals surface area contributed by atoms with Crippen LogP contribution in [0.5, 0.6) is 5.75 Å². The smallest absolute Gasteiger partial charge is 0.144 e. The highest BCUT2D eigenvalue weighted by molar-refractivity contribution is 5.62. The van der Waals surface area contributed by atoms with Gasteiger partial charge in [-0.3, -0.25) is 0 Å². The Labute approximate surface area is 111 Å². The maximum atomic E-state index is 5.91. The summed E-state index contributed by atoms with van der Waals surface area (Å²) in [4.78, 5) is 2.38. The first-order valence-corrected chi connectivity index (χ1v) is 6.74. The maximum absolute atomic E-state index is 5.91. The van der Waals surface area contributed by atoms with E-state index in [1.165, 1.54) is 5.69 Å². The topological polar surface area (TPSA) is 38.5 Å². The number of nitrogens with zero attached hydrogens (tertiary/aromatic N) is 1. The molecule has 0 fully saturated rings. The van der Waals surface area contributed by atoms with Gasteiger partial charge in [0.2, 0.25) is 0 Å². The number of nitrogen functional groups attached to an aromatic ring is 1. The first-order chi connectivity index (χ1) is 8.45. The van der Waals surface area contributed by atoms with E-state index in [9.17, 15) is 0 Å². The van der Waals surface area contributed by atoms with Gasteiger partial charge in [0.1, 0.15) is 5.75 Å². The Kier molecular flexibility index (Phi) is 5.32. The fraction of sp³-hybridized carbons (Fsp3) is 0.600. The first-order valence-electron chi connectivity index (χ1n) is 6.74. The van der Waals surface area contributed by atoms with Crippen molar-refractivity contribution in [3.8, 4) is 5.75 Å². The van der Waals surface area contributed by atoms with E-state index in [4.69, 9.17) is 10.5 Å². The van der Waals surface area contributed by atoms with Crippen molar-refractivity contribution < 1.29 is 4.74 Å². The molecule has 1 aromatic rings. The highest BCUT2D eigenvalue weighted by atomic mass is 16.5. The lowest BCUT2D eigenvalue weighted by atomic mass is 10.1. The minimum absolute atomic E-state index is 0.463. The number of nitrogens with two attached hydrogens (primary N) is 1. The fourth-order valence-electron chi connectivity index (χ4n) is 1.99. The molecule has 0 aliphatic heterocycles. The number of hydrogen-bond acceptors (Lipinski definition) is 3. The Morgan fingerprint density at radius 1 is 1.22 bits per heavy atom. The minimum atomic E-state index is 0.463. The third-order valence-electron chi connectivity index (χ3n) is 2.81. The molecule has 0 spiro atoms. The van der Waals surface area contributed by atoms with Gasteiger partial charge in [0.25, 0.3) is 0 Å². The summed E-state index contributed by atoms with van der Waals surface area (Å²) in [6.45, 7) is 12.5. The molecule has 0 aliphatic rings. The monoisotopic (exact) mass is 250 g/mol. The van der Waals surface area contributed by atoms with Crippen molar-refractivity contribution >= 4 is 11.4 Å². The van der Waals surface area contributed by atoms with Crippen LogP contribution < -0.4 is 15.4 Å². The summed E-state index contributed by atoms with van der Waals surface area (Å²) in [6, 6.07) is 6.50. The van der Waals surface area contributed by atoms with E-state index < -0.39 is 0 Å². The SMILES string of the molecule is CCOc1cc(N(CC(C)C)C(C)C)ccc1N. The van der Waals surface area contributed by atoms with Crippen molar-refractivity contribution in [2.75, 3.05) is 23.8 Å². The van der Waals surface area contributed by atoms with Crippen LogP contribution in [0.1, 0.15) is 34.6 Å². The van der Waals surface area contributed by atoms with Crippen molar-refractivity contribution in [2.45, 2.75) is 40.7 Å². The largest absolute Gasteiger partial charge is 0.492 e. The van der Waals surface area contributed by atoms with E-state index in [2.05, 4.69) is 38.7 Å². The molecule has 0 aromatic heterocycles. The second kappa shape index (κ2) is 6.53. The quantitative estimate of drug-likeness (QED) is 0.785. The van der Waals surface area contributed by atoms with E-state index in [1.54, 1.807) is 0 Å². The Hall–Kier alpha value is -1.38. The molecule has 0 aliphatic carbocycles. The molecule has 0 amide bonds. The zero-order valence-electron chi connectivity index (χ0n) is 12.2. The van der Waals surface area contributed by atoms with Crippen molar-refractivity contribution in [3.05, 3.63) is 18.2 Å². The van der Waals surface area contributed by atoms with Gasteiger partial charge in [-0.15, -0.1) is 0 Å². The first kappa shape index (κ1) is 14.7. The predicted octanol–water partition coefficient (Wildman–Crippen LogP) is 3.54. The molecule has 3 nitrogen and oxygen atoms in total. The third kappa shape index (κ3) is 3.83. The van der Waals surface area contributed by atoms with Crippen LogP contribution in [0.15, 0.2) is 18.2 Å². The Morgan fingerprint density at radius 2 is 1.89 bits per heavy atom. The average Bonchev–Trinajstić information content (AvgIpc) is 2.29. The van der Waals surface area contributed by atoms with Gasteiger partial charge >= 0.3 is 0 Å². The van der Waals surface area contributed by atoms with Gasteiger partial charge in [-0.2, -0.15) is 0 Å². The molecular formula is C15H26N2O. The van der Waals surface area contributed by atoms with Gasteiger partial charge in [-0.25, -0.2) is 0 Å². The lowest BCUT2D eigenvalue weighted by molar-refractivity contribution is 0.342. The summed E-state index contributed by atoms with van der Waals surface area (Å²) in [5, 5.41) is 0. The molecule has 3 heteroatoms. The zero-order chi connectivity index (χ0) is 13.7. The molecule has 0 radical (unpaired) electrons. The molecule has 1 rings (SSSR count). The van der Waals surface area contributed by atoms with Crippen molar-refractivity contribution in [3.63, 3.8) is 0 Å². The molecule has 0 bridgehead atoms. The Bertz CT molecular complexity index is 375. The van der Waals surface area contributed by atoms with E-state index in [1.807, 2.05) is 19.1 Å². The lowest BCUT2D eigenvalue weighted by Gasteiger charge is -2.31. The van der Waals surface area contributed by atoms with Gasteiger partial charge in [0.05, 0.1) is 12.3 Å². The molecule has 0 saturated carbocycles. The Balaban J connectivity index is 3.01. The van der Waals surface area contributed by atoms with Crippen LogP contribution in [-0.4, -0.2) is 19.2 Å². The van der Waals surface area contributed by atoms with Gasteiger partial charge < -0.3 is 15.4 Å². The number of hydrogen-bond donors (Lipinski definition) is 1. The summed E-state index contributed by atoms with van der Waals surface area (Å²) in [7, 11) is 0. The Morgan fingerprint density at radius 3 is 2.39 bits per heavy atom. The van der Waals surface area contributed by atoms with Crippen LogP contribution in [0.3, 0.4) is 0 Å². The van der Waals surface area contributed by atoms with Crippen molar-refractivity contribution in [2.24, 2.45) is 5.92 Å². The van der Waals surface area contributed by atoms with E-state index >= 15 is 0 Å². The molecule has 2 N–H and O–H groups in total. The van der Waals surface area contributed by atoms with E-state index in [0.717, 1.165) is 12.3 Å². The normalized spacial score (nSPS) is 11.1. The van der Waals surface area contributed by atoms with Gasteiger partial charge in [-0.05, 0) is 38.8 Å². The molecular weight excluding hydrogens is 224 g/mol. The molecule has 1 aromatic carbocycles. The summed E-state index contributed by atoms with van der Waals surface area (Å²) in [5.74, 6) is 1.41. The molecule has 0 heterocycles. The second-order valence-corrected chi connectivity index (χ2v) is 5.30. The van der Waals surface area contributed by atoms with Gasteiger partial charge in [0.15, 0.2) is 0 Å². The molecule has 0 atom stereocenters. The minimum Gasteiger partial charge on any atom is -0.492 e. The highest BCUT2D eigenvalue weighted by Crippen LogP contribution is 2.29. The van der Waals surface area contributed by atoms with Crippen LogP contribution in [0.4, 0.5) is 11.4 Å². The van der Waals surface area contributed by atoms with Crippen LogP contribution in [0.25, 0.3) is 0 Å². The zero-order valence-corrected chi connectivity index (χ0v) is 12.2. The number of benzene rings is 1. The lowest BCUT2D eigenvalue weighted by Crippen LogP contribution is -2.34. The summed E-state index contributed by atoms with van der Waals surface area (Å²) < 4.78 is 5.56. The summed E-state index contributed by atoms with van der Waals surface area (Å²) in [5.41, 5.74) is 7.79. The highest BCUT2D eigenvalue weighted by Gasteiger charge is 2.13.